The van der Waals surface area contributed by atoms with E-state index in [1.165, 1.54) is 30.7 Å². The monoisotopic (exact) mass is 318 g/mol. The zero-order chi connectivity index (χ0) is 15.9. The van der Waals surface area contributed by atoms with E-state index in [0.29, 0.717) is 0 Å². The molecule has 0 bridgehead atoms. The number of hydrogen-bond donors (Lipinski definition) is 0. The fraction of sp³-hybridized carbons (Fsp3) is 0.500. The summed E-state index contributed by atoms with van der Waals surface area (Å²) in [6, 6.07) is 4.77. The second-order valence-electron chi connectivity index (χ2n) is 4.14. The van der Waals surface area contributed by atoms with Crippen LogP contribution in [0.1, 0.15) is 0 Å². The molecule has 0 aliphatic rings. The maximum atomic E-state index is 12.5. The maximum absolute atomic E-state index is 12.5. The quantitative estimate of drug-likeness (QED) is 0.495. The third kappa shape index (κ3) is 4.74. The zero-order valence-corrected chi connectivity index (χ0v) is 12.7. The maximum Gasteiger partial charge on any atom is 0.269 e. The van der Waals surface area contributed by atoms with Crippen molar-refractivity contribution in [2.75, 3.05) is 40.5 Å². The van der Waals surface area contributed by atoms with Gasteiger partial charge >= 0.3 is 0 Å². The van der Waals surface area contributed by atoms with Gasteiger partial charge in [-0.15, -0.1) is 0 Å². The SMILES string of the molecule is COCCN(CCOC)S(=O)(=O)c1ccc([N+](=O)[O-])cc1. The highest BCUT2D eigenvalue weighted by Crippen LogP contribution is 2.19. The van der Waals surface area contributed by atoms with Crippen molar-refractivity contribution in [1.82, 2.24) is 4.31 Å². The normalized spacial score (nSPS) is 11.8. The summed E-state index contributed by atoms with van der Waals surface area (Å²) in [4.78, 5) is 10.0. The minimum absolute atomic E-state index is 0.000283. The molecule has 0 spiro atoms. The zero-order valence-electron chi connectivity index (χ0n) is 11.9. The van der Waals surface area contributed by atoms with E-state index in [1.54, 1.807) is 0 Å². The first kappa shape index (κ1) is 17.5. The molecule has 8 nitrogen and oxygen atoms in total. The van der Waals surface area contributed by atoms with Gasteiger partial charge in [-0.3, -0.25) is 10.1 Å². The Morgan fingerprint density at radius 2 is 1.57 bits per heavy atom. The lowest BCUT2D eigenvalue weighted by atomic mass is 10.3. The van der Waals surface area contributed by atoms with E-state index in [2.05, 4.69) is 0 Å². The highest BCUT2D eigenvalue weighted by Gasteiger charge is 2.24. The summed E-state index contributed by atoms with van der Waals surface area (Å²) in [5.41, 5.74) is -0.158. The topological polar surface area (TPSA) is 99.0 Å². The molecule has 0 aliphatic heterocycles. The minimum atomic E-state index is -3.74. The van der Waals surface area contributed by atoms with E-state index in [9.17, 15) is 18.5 Å². The molecule has 1 aromatic rings. The van der Waals surface area contributed by atoms with E-state index in [0.717, 1.165) is 12.1 Å². The van der Waals surface area contributed by atoms with E-state index in [-0.39, 0.29) is 36.9 Å². The number of ether oxygens (including phenoxy) is 2. The van der Waals surface area contributed by atoms with Crippen molar-refractivity contribution in [3.63, 3.8) is 0 Å². The number of methoxy groups -OCH3 is 2. The number of nitro groups is 1. The van der Waals surface area contributed by atoms with Gasteiger partial charge in [-0.1, -0.05) is 0 Å². The third-order valence-electron chi connectivity index (χ3n) is 2.77. The van der Waals surface area contributed by atoms with Crippen LogP contribution in [0.3, 0.4) is 0 Å². The van der Waals surface area contributed by atoms with Crippen LogP contribution in [-0.4, -0.2) is 58.2 Å². The first-order valence-corrected chi connectivity index (χ1v) is 7.60. The van der Waals surface area contributed by atoms with Gasteiger partial charge in [-0.2, -0.15) is 4.31 Å². The van der Waals surface area contributed by atoms with Crippen molar-refractivity contribution in [3.05, 3.63) is 34.4 Å². The Labute approximate surface area is 123 Å². The molecule has 0 atom stereocenters. The lowest BCUT2D eigenvalue weighted by molar-refractivity contribution is -0.384. The van der Waals surface area contributed by atoms with Gasteiger partial charge in [-0.25, -0.2) is 8.42 Å². The molecule has 1 aromatic carbocycles. The lowest BCUT2D eigenvalue weighted by Crippen LogP contribution is -2.36. The van der Waals surface area contributed by atoms with Crippen LogP contribution in [0.2, 0.25) is 0 Å². The van der Waals surface area contributed by atoms with Gasteiger partial charge in [0.25, 0.3) is 5.69 Å². The van der Waals surface area contributed by atoms with E-state index < -0.39 is 14.9 Å². The fourth-order valence-corrected chi connectivity index (χ4v) is 3.04. The molecule has 0 aliphatic carbocycles. The summed E-state index contributed by atoms with van der Waals surface area (Å²) in [5.74, 6) is 0. The van der Waals surface area contributed by atoms with Crippen molar-refractivity contribution in [3.8, 4) is 0 Å². The predicted molar refractivity (Wildman–Crippen MR) is 75.6 cm³/mol. The van der Waals surface area contributed by atoms with Gasteiger partial charge in [0.2, 0.25) is 10.0 Å². The van der Waals surface area contributed by atoms with Gasteiger partial charge in [0.15, 0.2) is 0 Å². The average Bonchev–Trinajstić information content (AvgIpc) is 2.47. The highest BCUT2D eigenvalue weighted by molar-refractivity contribution is 7.89. The predicted octanol–water partition coefficient (Wildman–Crippen LogP) is 0.878. The Morgan fingerprint density at radius 1 is 1.10 bits per heavy atom. The third-order valence-corrected chi connectivity index (χ3v) is 4.69. The highest BCUT2D eigenvalue weighted by atomic mass is 32.2. The van der Waals surface area contributed by atoms with Crippen LogP contribution in [0.5, 0.6) is 0 Å². The molecule has 0 fully saturated rings. The van der Waals surface area contributed by atoms with Crippen LogP contribution in [0.25, 0.3) is 0 Å². The first-order valence-electron chi connectivity index (χ1n) is 6.16. The summed E-state index contributed by atoms with van der Waals surface area (Å²) in [6.45, 7) is 0.851. The molecule has 0 heterocycles. The number of non-ortho nitro benzene ring substituents is 1. The number of rotatable bonds is 9. The van der Waals surface area contributed by atoms with Gasteiger partial charge < -0.3 is 9.47 Å². The smallest absolute Gasteiger partial charge is 0.269 e. The molecular formula is C12H18N2O6S. The summed E-state index contributed by atoms with van der Waals surface area (Å²) in [5, 5.41) is 10.6. The Balaban J connectivity index is 3.00. The van der Waals surface area contributed by atoms with Crippen molar-refractivity contribution in [2.45, 2.75) is 4.90 Å². The van der Waals surface area contributed by atoms with E-state index in [1.807, 2.05) is 0 Å². The number of hydrogen-bond acceptors (Lipinski definition) is 6. The van der Waals surface area contributed by atoms with Crippen molar-refractivity contribution >= 4 is 15.7 Å². The van der Waals surface area contributed by atoms with Gasteiger partial charge in [0.05, 0.1) is 23.0 Å². The number of nitrogens with zero attached hydrogens (tertiary/aromatic N) is 2. The molecule has 0 amide bonds. The van der Waals surface area contributed by atoms with Crippen LogP contribution >= 0.6 is 0 Å². The molecule has 9 heteroatoms. The molecule has 21 heavy (non-hydrogen) atoms. The lowest BCUT2D eigenvalue weighted by Gasteiger charge is -2.21. The molecule has 118 valence electrons. The molecule has 0 saturated heterocycles. The second kappa shape index (κ2) is 8.03. The minimum Gasteiger partial charge on any atom is -0.383 e. The number of benzene rings is 1. The molecular weight excluding hydrogens is 300 g/mol. The van der Waals surface area contributed by atoms with Crippen LogP contribution < -0.4 is 0 Å². The molecule has 0 aromatic heterocycles. The fourth-order valence-electron chi connectivity index (χ4n) is 1.63. The first-order chi connectivity index (χ1) is 9.93. The summed E-state index contributed by atoms with van der Waals surface area (Å²) in [7, 11) is -0.779. The van der Waals surface area contributed by atoms with Crippen LogP contribution in [-0.2, 0) is 19.5 Å². The summed E-state index contributed by atoms with van der Waals surface area (Å²) in [6.07, 6.45) is 0. The van der Waals surface area contributed by atoms with Crippen LogP contribution in [0.4, 0.5) is 5.69 Å². The Bertz CT molecular complexity index is 550. The molecule has 0 N–H and O–H groups in total. The van der Waals surface area contributed by atoms with Crippen molar-refractivity contribution in [1.29, 1.82) is 0 Å². The number of sulfonamides is 1. The van der Waals surface area contributed by atoms with E-state index >= 15 is 0 Å². The average molecular weight is 318 g/mol. The summed E-state index contributed by atoms with van der Waals surface area (Å²) < 4.78 is 36.0. The molecule has 0 radical (unpaired) electrons. The molecule has 1 rings (SSSR count). The second-order valence-corrected chi connectivity index (χ2v) is 6.08. The van der Waals surface area contributed by atoms with Gasteiger partial charge in [-0.05, 0) is 12.1 Å². The standard InChI is InChI=1S/C12H18N2O6S/c1-19-9-7-13(8-10-20-2)21(17,18)12-5-3-11(4-6-12)14(15)16/h3-6H,7-10H2,1-2H3. The van der Waals surface area contributed by atoms with Crippen molar-refractivity contribution < 1.29 is 22.8 Å². The number of nitro benzene ring substituents is 1. The van der Waals surface area contributed by atoms with Gasteiger partial charge in [0.1, 0.15) is 0 Å². The molecule has 0 unspecified atom stereocenters. The van der Waals surface area contributed by atoms with Crippen LogP contribution in [0, 0.1) is 10.1 Å². The van der Waals surface area contributed by atoms with E-state index in [4.69, 9.17) is 9.47 Å². The Kier molecular flexibility index (Phi) is 6.69. The largest absolute Gasteiger partial charge is 0.383 e. The molecule has 0 saturated carbocycles. The van der Waals surface area contributed by atoms with Crippen molar-refractivity contribution in [2.24, 2.45) is 0 Å². The Hall–Kier alpha value is -1.55. The summed E-state index contributed by atoms with van der Waals surface area (Å²) >= 11 is 0. The van der Waals surface area contributed by atoms with Gasteiger partial charge in [0, 0.05) is 39.4 Å². The van der Waals surface area contributed by atoms with Crippen LogP contribution in [0.15, 0.2) is 29.2 Å². The Morgan fingerprint density at radius 3 is 1.95 bits per heavy atom.